The zero-order valence-corrected chi connectivity index (χ0v) is 11.5. The minimum Gasteiger partial charge on any atom is -0.347 e. The molecule has 1 aromatic heterocycles. The Morgan fingerprint density at radius 2 is 2.21 bits per heavy atom. The van der Waals surface area contributed by atoms with Crippen LogP contribution < -0.4 is 5.32 Å². The van der Waals surface area contributed by atoms with E-state index >= 15 is 0 Å². The molecule has 0 aliphatic carbocycles. The molecule has 1 unspecified atom stereocenters. The Hall–Kier alpha value is -2.10. The van der Waals surface area contributed by atoms with Gasteiger partial charge >= 0.3 is 0 Å². The van der Waals surface area contributed by atoms with E-state index in [4.69, 9.17) is 0 Å². The van der Waals surface area contributed by atoms with Crippen LogP contribution in [-0.2, 0) is 11.2 Å². The van der Waals surface area contributed by atoms with E-state index in [1.165, 1.54) is 5.56 Å². The van der Waals surface area contributed by atoms with E-state index in [9.17, 15) is 4.79 Å². The van der Waals surface area contributed by atoms with Crippen LogP contribution in [-0.4, -0.2) is 15.9 Å². The highest BCUT2D eigenvalue weighted by Gasteiger charge is 2.12. The van der Waals surface area contributed by atoms with Gasteiger partial charge in [-0.05, 0) is 31.9 Å². The number of aromatic nitrogens is 2. The first-order chi connectivity index (χ1) is 9.06. The average molecular weight is 257 g/mol. The zero-order chi connectivity index (χ0) is 13.8. The summed E-state index contributed by atoms with van der Waals surface area (Å²) >= 11 is 0. The number of H-pyrrole nitrogens is 1. The maximum absolute atomic E-state index is 12.0. The first-order valence-corrected chi connectivity index (χ1v) is 6.41. The number of rotatable bonds is 4. The third-order valence-corrected chi connectivity index (χ3v) is 3.16. The van der Waals surface area contributed by atoms with E-state index in [2.05, 4.69) is 27.4 Å². The standard InChI is InChI=1S/C15H19N3O/c1-10-4-5-11(2)13(8-10)9-14(19)18-12(3)15-16-6-7-17-15/h4-8,12H,9H2,1-3H3,(H,16,17)(H,18,19). The summed E-state index contributed by atoms with van der Waals surface area (Å²) in [6.45, 7) is 5.98. The van der Waals surface area contributed by atoms with Crippen molar-refractivity contribution >= 4 is 5.91 Å². The quantitative estimate of drug-likeness (QED) is 0.884. The number of carbonyl (C=O) groups excluding carboxylic acids is 1. The molecule has 100 valence electrons. The van der Waals surface area contributed by atoms with Crippen LogP contribution in [0.4, 0.5) is 0 Å². The summed E-state index contributed by atoms with van der Waals surface area (Å²) in [5, 5.41) is 2.94. The van der Waals surface area contributed by atoms with Crippen LogP contribution in [0.25, 0.3) is 0 Å². The number of benzene rings is 1. The SMILES string of the molecule is Cc1ccc(C)c(CC(=O)NC(C)c2ncc[nH]2)c1. The van der Waals surface area contributed by atoms with Gasteiger partial charge in [-0.15, -0.1) is 0 Å². The molecule has 0 saturated heterocycles. The van der Waals surface area contributed by atoms with Gasteiger partial charge in [-0.25, -0.2) is 4.98 Å². The Bertz CT molecular complexity index is 561. The summed E-state index contributed by atoms with van der Waals surface area (Å²) in [6.07, 6.45) is 3.84. The van der Waals surface area contributed by atoms with Crippen molar-refractivity contribution in [1.29, 1.82) is 0 Å². The Labute approximate surface area is 113 Å². The van der Waals surface area contributed by atoms with Crippen molar-refractivity contribution in [3.63, 3.8) is 0 Å². The molecule has 0 bridgehead atoms. The molecule has 1 heterocycles. The van der Waals surface area contributed by atoms with E-state index in [1.54, 1.807) is 12.4 Å². The van der Waals surface area contributed by atoms with Gasteiger partial charge in [0.2, 0.25) is 5.91 Å². The van der Waals surface area contributed by atoms with Gasteiger partial charge < -0.3 is 10.3 Å². The van der Waals surface area contributed by atoms with Gasteiger partial charge in [0.05, 0.1) is 12.5 Å². The van der Waals surface area contributed by atoms with Crippen molar-refractivity contribution in [1.82, 2.24) is 15.3 Å². The topological polar surface area (TPSA) is 57.8 Å². The zero-order valence-electron chi connectivity index (χ0n) is 11.5. The van der Waals surface area contributed by atoms with E-state index in [0.717, 1.165) is 17.0 Å². The minimum atomic E-state index is -0.104. The molecular weight excluding hydrogens is 238 g/mol. The van der Waals surface area contributed by atoms with E-state index in [-0.39, 0.29) is 11.9 Å². The van der Waals surface area contributed by atoms with Gasteiger partial charge in [-0.1, -0.05) is 23.8 Å². The van der Waals surface area contributed by atoms with Crippen molar-refractivity contribution in [3.05, 3.63) is 53.1 Å². The fourth-order valence-corrected chi connectivity index (χ4v) is 2.04. The molecule has 0 aliphatic rings. The second-order valence-electron chi connectivity index (χ2n) is 4.87. The normalized spacial score (nSPS) is 12.2. The summed E-state index contributed by atoms with van der Waals surface area (Å²) in [7, 11) is 0. The molecule has 0 aliphatic heterocycles. The summed E-state index contributed by atoms with van der Waals surface area (Å²) in [5.74, 6) is 0.784. The van der Waals surface area contributed by atoms with E-state index in [0.29, 0.717) is 6.42 Å². The van der Waals surface area contributed by atoms with E-state index in [1.807, 2.05) is 26.8 Å². The lowest BCUT2D eigenvalue weighted by molar-refractivity contribution is -0.121. The molecule has 19 heavy (non-hydrogen) atoms. The predicted molar refractivity (Wildman–Crippen MR) is 74.8 cm³/mol. The van der Waals surface area contributed by atoms with Gasteiger partial charge in [0.15, 0.2) is 0 Å². The van der Waals surface area contributed by atoms with Crippen molar-refractivity contribution in [2.24, 2.45) is 0 Å². The molecule has 0 fully saturated rings. The van der Waals surface area contributed by atoms with Gasteiger partial charge in [0.1, 0.15) is 5.82 Å². The largest absolute Gasteiger partial charge is 0.347 e. The molecule has 1 atom stereocenters. The van der Waals surface area contributed by atoms with Crippen LogP contribution in [0.5, 0.6) is 0 Å². The van der Waals surface area contributed by atoms with E-state index < -0.39 is 0 Å². The maximum Gasteiger partial charge on any atom is 0.225 e. The monoisotopic (exact) mass is 257 g/mol. The minimum absolute atomic E-state index is 0.0117. The van der Waals surface area contributed by atoms with Gasteiger partial charge in [0.25, 0.3) is 0 Å². The van der Waals surface area contributed by atoms with Crippen LogP contribution in [0.2, 0.25) is 0 Å². The summed E-state index contributed by atoms with van der Waals surface area (Å²) in [4.78, 5) is 19.2. The molecule has 2 aromatic rings. The number of carbonyl (C=O) groups is 1. The van der Waals surface area contributed by atoms with Crippen molar-refractivity contribution in [2.45, 2.75) is 33.2 Å². The summed E-state index contributed by atoms with van der Waals surface area (Å²) in [5.41, 5.74) is 3.39. The maximum atomic E-state index is 12.0. The van der Waals surface area contributed by atoms with Crippen LogP contribution >= 0.6 is 0 Å². The Kier molecular flexibility index (Phi) is 4.00. The molecule has 0 radical (unpaired) electrons. The number of hydrogen-bond acceptors (Lipinski definition) is 2. The fraction of sp³-hybridized carbons (Fsp3) is 0.333. The Balaban J connectivity index is 1.99. The third-order valence-electron chi connectivity index (χ3n) is 3.16. The second kappa shape index (κ2) is 5.69. The van der Waals surface area contributed by atoms with Gasteiger partial charge in [-0.2, -0.15) is 0 Å². The number of nitrogens with zero attached hydrogens (tertiary/aromatic N) is 1. The Morgan fingerprint density at radius 1 is 1.42 bits per heavy atom. The smallest absolute Gasteiger partial charge is 0.225 e. The molecule has 0 spiro atoms. The highest BCUT2D eigenvalue weighted by Crippen LogP contribution is 2.12. The van der Waals surface area contributed by atoms with Crippen LogP contribution in [0.3, 0.4) is 0 Å². The Morgan fingerprint density at radius 3 is 2.89 bits per heavy atom. The number of aryl methyl sites for hydroxylation is 2. The number of imidazole rings is 1. The van der Waals surface area contributed by atoms with Gasteiger partial charge in [0, 0.05) is 12.4 Å². The molecule has 4 nitrogen and oxygen atoms in total. The summed E-state index contributed by atoms with van der Waals surface area (Å²) < 4.78 is 0. The average Bonchev–Trinajstić information content (AvgIpc) is 2.87. The molecule has 2 N–H and O–H groups in total. The molecule has 4 heteroatoms. The van der Waals surface area contributed by atoms with Gasteiger partial charge in [-0.3, -0.25) is 4.79 Å². The van der Waals surface area contributed by atoms with Crippen LogP contribution in [0.1, 0.15) is 35.5 Å². The first-order valence-electron chi connectivity index (χ1n) is 6.41. The molecule has 0 saturated carbocycles. The third kappa shape index (κ3) is 3.44. The molecule has 2 rings (SSSR count). The molecule has 1 aromatic carbocycles. The predicted octanol–water partition coefficient (Wildman–Crippen LogP) is 2.45. The lowest BCUT2D eigenvalue weighted by Crippen LogP contribution is -2.29. The second-order valence-corrected chi connectivity index (χ2v) is 4.87. The molecular formula is C15H19N3O. The molecule has 1 amide bonds. The van der Waals surface area contributed by atoms with Crippen molar-refractivity contribution in [3.8, 4) is 0 Å². The summed E-state index contributed by atoms with van der Waals surface area (Å²) in [6, 6.07) is 6.07. The van der Waals surface area contributed by atoms with Crippen LogP contribution in [0, 0.1) is 13.8 Å². The van der Waals surface area contributed by atoms with Crippen molar-refractivity contribution < 1.29 is 4.79 Å². The highest BCUT2D eigenvalue weighted by molar-refractivity contribution is 5.79. The van der Waals surface area contributed by atoms with Crippen molar-refractivity contribution in [2.75, 3.05) is 0 Å². The number of nitrogens with one attached hydrogen (secondary N) is 2. The fourth-order valence-electron chi connectivity index (χ4n) is 2.04. The highest BCUT2D eigenvalue weighted by atomic mass is 16.1. The lowest BCUT2D eigenvalue weighted by atomic mass is 10.0. The number of aromatic amines is 1. The number of amides is 1. The first kappa shape index (κ1) is 13.3. The van der Waals surface area contributed by atoms with Crippen LogP contribution in [0.15, 0.2) is 30.6 Å². The number of hydrogen-bond donors (Lipinski definition) is 2. The lowest BCUT2D eigenvalue weighted by Gasteiger charge is -2.12.